The Hall–Kier alpha value is -1.20. The summed E-state index contributed by atoms with van der Waals surface area (Å²) in [5, 5.41) is 8.43. The molecule has 0 fully saturated rings. The molecule has 1 aromatic carbocycles. The van der Waals surface area contributed by atoms with E-state index in [1.165, 1.54) is 12.1 Å². The first-order valence-corrected chi connectivity index (χ1v) is 5.80. The highest BCUT2D eigenvalue weighted by Crippen LogP contribution is 2.16. The van der Waals surface area contributed by atoms with E-state index in [-0.39, 0.29) is 5.82 Å². The summed E-state index contributed by atoms with van der Waals surface area (Å²) in [6.45, 7) is 0.882. The molecule has 3 nitrogen and oxygen atoms in total. The van der Waals surface area contributed by atoms with Gasteiger partial charge in [-0.25, -0.2) is 9.18 Å². The molecule has 17 heavy (non-hydrogen) atoms. The van der Waals surface area contributed by atoms with Gasteiger partial charge in [0.1, 0.15) is 5.82 Å². The summed E-state index contributed by atoms with van der Waals surface area (Å²) in [6.07, 6.45) is 2.60. The number of halogens is 2. The minimum absolute atomic E-state index is 0.262. The number of carbonyl (C=O) groups is 1. The molecule has 0 aliphatic heterocycles. The standard InChI is InChI=1S/C12H13BrFNO2/c1-15(6-2-3-12(16)17)8-9-7-10(13)4-5-11(9)14/h2-5,7H,6,8H2,1H3,(H,16,17)/b3-2+. The monoisotopic (exact) mass is 301 g/mol. The van der Waals surface area contributed by atoms with Gasteiger partial charge in [0, 0.05) is 29.2 Å². The Labute approximate surface area is 108 Å². The quantitative estimate of drug-likeness (QED) is 0.850. The molecule has 0 saturated heterocycles. The Morgan fingerprint density at radius 1 is 1.59 bits per heavy atom. The minimum atomic E-state index is -0.980. The predicted molar refractivity (Wildman–Crippen MR) is 67.2 cm³/mol. The molecule has 0 unspecified atom stereocenters. The molecule has 0 aliphatic carbocycles. The molecule has 0 aliphatic rings. The number of aliphatic carboxylic acids is 1. The van der Waals surface area contributed by atoms with Crippen LogP contribution in [0.15, 0.2) is 34.8 Å². The normalized spacial score (nSPS) is 11.3. The second-order valence-corrected chi connectivity index (χ2v) is 4.59. The highest BCUT2D eigenvalue weighted by atomic mass is 79.9. The number of carboxylic acids is 1. The number of hydrogen-bond donors (Lipinski definition) is 1. The molecule has 1 aromatic rings. The number of rotatable bonds is 5. The van der Waals surface area contributed by atoms with E-state index in [4.69, 9.17) is 5.11 Å². The molecule has 0 saturated carbocycles. The van der Waals surface area contributed by atoms with Crippen molar-refractivity contribution >= 4 is 21.9 Å². The van der Waals surface area contributed by atoms with E-state index in [0.29, 0.717) is 18.7 Å². The zero-order valence-electron chi connectivity index (χ0n) is 9.36. The van der Waals surface area contributed by atoms with Crippen molar-refractivity contribution in [1.82, 2.24) is 4.90 Å². The fourth-order valence-electron chi connectivity index (χ4n) is 1.35. The van der Waals surface area contributed by atoms with E-state index in [2.05, 4.69) is 15.9 Å². The molecule has 0 bridgehead atoms. The number of hydrogen-bond acceptors (Lipinski definition) is 2. The van der Waals surface area contributed by atoms with Gasteiger partial charge in [-0.05, 0) is 25.2 Å². The third kappa shape index (κ3) is 5.10. The third-order valence-electron chi connectivity index (χ3n) is 2.13. The van der Waals surface area contributed by atoms with E-state index in [1.807, 2.05) is 4.90 Å². The van der Waals surface area contributed by atoms with Crippen LogP contribution in [0, 0.1) is 5.82 Å². The van der Waals surface area contributed by atoms with E-state index in [1.54, 1.807) is 19.2 Å². The highest BCUT2D eigenvalue weighted by molar-refractivity contribution is 9.10. The van der Waals surface area contributed by atoms with Crippen LogP contribution in [0.3, 0.4) is 0 Å². The van der Waals surface area contributed by atoms with Gasteiger partial charge >= 0.3 is 5.97 Å². The first kappa shape index (κ1) is 13.9. The lowest BCUT2D eigenvalue weighted by molar-refractivity contribution is -0.131. The van der Waals surface area contributed by atoms with Crippen molar-refractivity contribution in [3.8, 4) is 0 Å². The van der Waals surface area contributed by atoms with Gasteiger partial charge in [-0.2, -0.15) is 0 Å². The topological polar surface area (TPSA) is 40.5 Å². The van der Waals surface area contributed by atoms with Gasteiger partial charge in [-0.1, -0.05) is 22.0 Å². The van der Waals surface area contributed by atoms with Gasteiger partial charge in [0.25, 0.3) is 0 Å². The van der Waals surface area contributed by atoms with Crippen molar-refractivity contribution in [2.24, 2.45) is 0 Å². The lowest BCUT2D eigenvalue weighted by Crippen LogP contribution is -2.18. The van der Waals surface area contributed by atoms with Crippen molar-refractivity contribution in [2.45, 2.75) is 6.54 Å². The lowest BCUT2D eigenvalue weighted by atomic mass is 10.2. The average Bonchev–Trinajstić information content (AvgIpc) is 2.23. The summed E-state index contributed by atoms with van der Waals surface area (Å²) in [5.41, 5.74) is 0.575. The maximum Gasteiger partial charge on any atom is 0.328 e. The highest BCUT2D eigenvalue weighted by Gasteiger charge is 2.05. The van der Waals surface area contributed by atoms with Crippen LogP contribution >= 0.6 is 15.9 Å². The SMILES string of the molecule is CN(C/C=C/C(=O)O)Cc1cc(Br)ccc1F. The Kier molecular flexibility index (Phi) is 5.31. The number of nitrogens with zero attached hydrogens (tertiary/aromatic N) is 1. The summed E-state index contributed by atoms with van der Waals surface area (Å²) in [4.78, 5) is 12.1. The maximum absolute atomic E-state index is 13.4. The van der Waals surface area contributed by atoms with Crippen LogP contribution in [0.5, 0.6) is 0 Å². The van der Waals surface area contributed by atoms with Crippen molar-refractivity contribution < 1.29 is 14.3 Å². The molecule has 0 spiro atoms. The second-order valence-electron chi connectivity index (χ2n) is 3.67. The molecule has 0 atom stereocenters. The van der Waals surface area contributed by atoms with Crippen LogP contribution in [-0.2, 0) is 11.3 Å². The molecular weight excluding hydrogens is 289 g/mol. The largest absolute Gasteiger partial charge is 0.478 e. The van der Waals surface area contributed by atoms with Crippen LogP contribution in [0.2, 0.25) is 0 Å². The summed E-state index contributed by atoms with van der Waals surface area (Å²) in [5.74, 6) is -1.24. The van der Waals surface area contributed by atoms with Crippen LogP contribution < -0.4 is 0 Å². The molecule has 0 aromatic heterocycles. The Balaban J connectivity index is 2.58. The Morgan fingerprint density at radius 2 is 2.29 bits per heavy atom. The van der Waals surface area contributed by atoms with Crippen LogP contribution in [0.4, 0.5) is 4.39 Å². The Morgan fingerprint density at radius 3 is 2.94 bits per heavy atom. The predicted octanol–water partition coefficient (Wildman–Crippen LogP) is 2.66. The summed E-state index contributed by atoms with van der Waals surface area (Å²) >= 11 is 3.28. The summed E-state index contributed by atoms with van der Waals surface area (Å²) in [7, 11) is 1.80. The molecule has 92 valence electrons. The minimum Gasteiger partial charge on any atom is -0.478 e. The van der Waals surface area contributed by atoms with Gasteiger partial charge in [0.05, 0.1) is 0 Å². The van der Waals surface area contributed by atoms with E-state index in [9.17, 15) is 9.18 Å². The number of carboxylic acid groups (broad SMARTS) is 1. The van der Waals surface area contributed by atoms with Crippen molar-refractivity contribution in [2.75, 3.05) is 13.6 Å². The molecule has 0 amide bonds. The van der Waals surface area contributed by atoms with Crippen molar-refractivity contribution in [3.63, 3.8) is 0 Å². The first-order valence-electron chi connectivity index (χ1n) is 5.01. The van der Waals surface area contributed by atoms with Gasteiger partial charge < -0.3 is 5.11 Å². The fraction of sp³-hybridized carbons (Fsp3) is 0.250. The number of benzene rings is 1. The van der Waals surface area contributed by atoms with Gasteiger partial charge in [0.2, 0.25) is 0 Å². The van der Waals surface area contributed by atoms with Crippen LogP contribution in [0.25, 0.3) is 0 Å². The summed E-state index contributed by atoms with van der Waals surface area (Å²) in [6, 6.07) is 4.76. The smallest absolute Gasteiger partial charge is 0.328 e. The zero-order valence-corrected chi connectivity index (χ0v) is 10.9. The fourth-order valence-corrected chi connectivity index (χ4v) is 1.76. The third-order valence-corrected chi connectivity index (χ3v) is 2.62. The molecule has 1 N–H and O–H groups in total. The van der Waals surface area contributed by atoms with Crippen molar-refractivity contribution in [1.29, 1.82) is 0 Å². The van der Waals surface area contributed by atoms with Gasteiger partial charge in [-0.3, -0.25) is 4.90 Å². The first-order chi connectivity index (χ1) is 7.99. The molecule has 0 radical (unpaired) electrons. The lowest BCUT2D eigenvalue weighted by Gasteiger charge is -2.14. The van der Waals surface area contributed by atoms with E-state index < -0.39 is 5.97 Å². The van der Waals surface area contributed by atoms with E-state index >= 15 is 0 Å². The second kappa shape index (κ2) is 6.51. The summed E-state index contributed by atoms with van der Waals surface area (Å²) < 4.78 is 14.2. The van der Waals surface area contributed by atoms with E-state index in [0.717, 1.165) is 10.5 Å². The van der Waals surface area contributed by atoms with Crippen LogP contribution in [-0.4, -0.2) is 29.6 Å². The van der Waals surface area contributed by atoms with Crippen molar-refractivity contribution in [3.05, 3.63) is 46.2 Å². The Bertz CT molecular complexity index is 435. The molecule has 0 heterocycles. The molecule has 5 heteroatoms. The average molecular weight is 302 g/mol. The molecule has 1 rings (SSSR count). The maximum atomic E-state index is 13.4. The number of likely N-dealkylation sites (N-methyl/N-ethyl adjacent to an activating group) is 1. The van der Waals surface area contributed by atoms with Gasteiger partial charge in [-0.15, -0.1) is 0 Å². The zero-order chi connectivity index (χ0) is 12.8. The van der Waals surface area contributed by atoms with Gasteiger partial charge in [0.15, 0.2) is 0 Å². The van der Waals surface area contributed by atoms with Crippen LogP contribution in [0.1, 0.15) is 5.56 Å². The molecular formula is C12H13BrFNO2.